The van der Waals surface area contributed by atoms with Crippen LogP contribution in [0.15, 0.2) is 21.2 Å². The number of esters is 1. The van der Waals surface area contributed by atoms with Crippen LogP contribution in [0.4, 0.5) is 0 Å². The van der Waals surface area contributed by atoms with Gasteiger partial charge in [0.2, 0.25) is 5.91 Å². The molecule has 100 valence electrons. The fourth-order valence-electron chi connectivity index (χ4n) is 1.76. The Bertz CT molecular complexity index is 706. The number of halogens is 2. The number of carbonyl (C=O) groups excluding carboxylic acids is 2. The number of hydrogen-bond donors (Lipinski definition) is 1. The van der Waals surface area contributed by atoms with E-state index in [-0.39, 0.29) is 17.4 Å². The molecule has 1 aromatic heterocycles. The van der Waals surface area contributed by atoms with E-state index in [0.29, 0.717) is 19.8 Å². The lowest BCUT2D eigenvalue weighted by Crippen LogP contribution is -2.03. The number of phenols is 1. The minimum Gasteiger partial charge on any atom is -0.506 e. The largest absolute Gasteiger partial charge is 0.506 e. The summed E-state index contributed by atoms with van der Waals surface area (Å²) in [4.78, 5) is 22.7. The second kappa shape index (κ2) is 4.97. The number of nitrogens with zero attached hydrogens (tertiary/aromatic N) is 1. The van der Waals surface area contributed by atoms with Crippen molar-refractivity contribution in [3.05, 3.63) is 21.2 Å². The van der Waals surface area contributed by atoms with E-state index in [9.17, 15) is 14.7 Å². The molecule has 0 saturated carbocycles. The summed E-state index contributed by atoms with van der Waals surface area (Å²) >= 11 is 6.44. The number of aromatic nitrogens is 1. The number of carbonyl (C=O) groups is 2. The summed E-state index contributed by atoms with van der Waals surface area (Å²) in [6, 6.07) is 1.59. The lowest BCUT2D eigenvalue weighted by atomic mass is 10.2. The molecule has 0 aliphatic carbocycles. The molecule has 1 heterocycles. The van der Waals surface area contributed by atoms with E-state index in [1.165, 1.54) is 24.6 Å². The zero-order valence-electron chi connectivity index (χ0n) is 10.0. The summed E-state index contributed by atoms with van der Waals surface area (Å²) < 4.78 is 7.20. The van der Waals surface area contributed by atoms with Crippen LogP contribution in [-0.4, -0.2) is 21.6 Å². The fourth-order valence-corrected chi connectivity index (χ4v) is 3.06. The van der Waals surface area contributed by atoms with Gasteiger partial charge in [-0.15, -0.1) is 0 Å². The molecule has 2 rings (SSSR count). The van der Waals surface area contributed by atoms with E-state index in [0.717, 1.165) is 0 Å². The highest BCUT2D eigenvalue weighted by Crippen LogP contribution is 2.43. The summed E-state index contributed by atoms with van der Waals surface area (Å²) in [7, 11) is 0. The van der Waals surface area contributed by atoms with Gasteiger partial charge in [-0.1, -0.05) is 0 Å². The van der Waals surface area contributed by atoms with Crippen molar-refractivity contribution in [1.29, 1.82) is 0 Å². The first-order valence-corrected chi connectivity index (χ1v) is 6.83. The maximum atomic E-state index is 11.6. The van der Waals surface area contributed by atoms with Crippen molar-refractivity contribution in [2.45, 2.75) is 13.8 Å². The molecule has 1 aromatic carbocycles. The molecule has 0 aliphatic heterocycles. The van der Waals surface area contributed by atoms with Crippen molar-refractivity contribution < 1.29 is 19.4 Å². The minimum atomic E-state index is -0.503. The zero-order chi connectivity index (χ0) is 14.3. The van der Waals surface area contributed by atoms with Crippen molar-refractivity contribution in [2.24, 2.45) is 0 Å². The lowest BCUT2D eigenvalue weighted by Gasteiger charge is -2.05. The van der Waals surface area contributed by atoms with E-state index < -0.39 is 5.97 Å². The van der Waals surface area contributed by atoms with Gasteiger partial charge in [-0.3, -0.25) is 14.2 Å². The standard InChI is InChI=1S/C12H9Br2NO4/c1-5(16)15-4-9(19-6(2)17)10-8(15)3-7(13)12(18)11(10)14/h3-4,18H,1-2H3. The van der Waals surface area contributed by atoms with Crippen molar-refractivity contribution >= 4 is 54.6 Å². The van der Waals surface area contributed by atoms with Crippen LogP contribution in [0.25, 0.3) is 10.9 Å². The van der Waals surface area contributed by atoms with Crippen LogP contribution >= 0.6 is 31.9 Å². The van der Waals surface area contributed by atoms with E-state index in [1.54, 1.807) is 6.07 Å². The lowest BCUT2D eigenvalue weighted by molar-refractivity contribution is -0.131. The molecule has 0 aliphatic rings. The number of rotatable bonds is 1. The third kappa shape index (κ3) is 2.40. The molecule has 1 N–H and O–H groups in total. The Morgan fingerprint density at radius 3 is 2.47 bits per heavy atom. The van der Waals surface area contributed by atoms with Crippen LogP contribution in [0.1, 0.15) is 18.6 Å². The van der Waals surface area contributed by atoms with Crippen LogP contribution < -0.4 is 4.74 Å². The van der Waals surface area contributed by atoms with Gasteiger partial charge >= 0.3 is 5.97 Å². The molecule has 0 bridgehead atoms. The normalized spacial score (nSPS) is 10.7. The Morgan fingerprint density at radius 2 is 1.95 bits per heavy atom. The quantitative estimate of drug-likeness (QED) is 0.757. The third-order valence-electron chi connectivity index (χ3n) is 2.52. The van der Waals surface area contributed by atoms with Gasteiger partial charge < -0.3 is 9.84 Å². The maximum Gasteiger partial charge on any atom is 0.308 e. The van der Waals surface area contributed by atoms with Crippen LogP contribution in [0.3, 0.4) is 0 Å². The molecule has 19 heavy (non-hydrogen) atoms. The molecule has 0 atom stereocenters. The molecule has 0 fully saturated rings. The van der Waals surface area contributed by atoms with E-state index in [2.05, 4.69) is 31.9 Å². The summed E-state index contributed by atoms with van der Waals surface area (Å²) in [5.41, 5.74) is 0.528. The number of fused-ring (bicyclic) bond motifs is 1. The topological polar surface area (TPSA) is 68.5 Å². The predicted molar refractivity (Wildman–Crippen MR) is 76.6 cm³/mol. The number of ether oxygens (including phenoxy) is 1. The Balaban J connectivity index is 2.87. The first-order valence-electron chi connectivity index (χ1n) is 5.24. The molecular weight excluding hydrogens is 382 g/mol. The van der Waals surface area contributed by atoms with Crippen LogP contribution in [0, 0.1) is 0 Å². The van der Waals surface area contributed by atoms with Crippen molar-refractivity contribution in [1.82, 2.24) is 4.57 Å². The van der Waals surface area contributed by atoms with Crippen LogP contribution in [0.2, 0.25) is 0 Å². The maximum absolute atomic E-state index is 11.6. The molecule has 0 spiro atoms. The molecule has 0 amide bonds. The summed E-state index contributed by atoms with van der Waals surface area (Å²) in [5, 5.41) is 10.3. The number of benzene rings is 1. The van der Waals surface area contributed by atoms with Crippen molar-refractivity contribution in [2.75, 3.05) is 0 Å². The second-order valence-electron chi connectivity index (χ2n) is 3.89. The Kier molecular flexibility index (Phi) is 3.69. The van der Waals surface area contributed by atoms with Crippen molar-refractivity contribution in [3.8, 4) is 11.5 Å². The highest BCUT2D eigenvalue weighted by molar-refractivity contribution is 9.11. The average Bonchev–Trinajstić information content (AvgIpc) is 2.64. The summed E-state index contributed by atoms with van der Waals surface area (Å²) in [6.07, 6.45) is 1.42. The van der Waals surface area contributed by atoms with E-state index in [1.807, 2.05) is 0 Å². The number of phenolic OH excluding ortho intramolecular Hbond substituents is 1. The van der Waals surface area contributed by atoms with Gasteiger partial charge in [0.05, 0.1) is 26.0 Å². The highest BCUT2D eigenvalue weighted by Gasteiger charge is 2.20. The fraction of sp³-hybridized carbons (Fsp3) is 0.167. The Labute approximate surface area is 125 Å². The first-order chi connectivity index (χ1) is 8.82. The molecule has 5 nitrogen and oxygen atoms in total. The highest BCUT2D eigenvalue weighted by atomic mass is 79.9. The van der Waals surface area contributed by atoms with E-state index >= 15 is 0 Å². The zero-order valence-corrected chi connectivity index (χ0v) is 13.2. The molecule has 0 unspecified atom stereocenters. The number of aromatic hydroxyl groups is 1. The number of hydrogen-bond acceptors (Lipinski definition) is 4. The monoisotopic (exact) mass is 389 g/mol. The first kappa shape index (κ1) is 14.1. The van der Waals surface area contributed by atoms with Gasteiger partial charge in [-0.05, 0) is 37.9 Å². The summed E-state index contributed by atoms with van der Waals surface area (Å²) in [6.45, 7) is 2.66. The predicted octanol–water partition coefficient (Wildman–Crippen LogP) is 3.46. The molecule has 2 aromatic rings. The minimum absolute atomic E-state index is 0.0257. The Morgan fingerprint density at radius 1 is 1.32 bits per heavy atom. The molecule has 7 heteroatoms. The van der Waals surface area contributed by atoms with Gasteiger partial charge in [-0.25, -0.2) is 0 Å². The van der Waals surface area contributed by atoms with Gasteiger partial charge in [0.1, 0.15) is 5.75 Å². The van der Waals surface area contributed by atoms with Gasteiger partial charge in [0.25, 0.3) is 0 Å². The molecular formula is C12H9Br2NO4. The van der Waals surface area contributed by atoms with Gasteiger partial charge in [0, 0.05) is 13.8 Å². The smallest absolute Gasteiger partial charge is 0.308 e. The second-order valence-corrected chi connectivity index (χ2v) is 5.54. The van der Waals surface area contributed by atoms with Gasteiger partial charge in [-0.2, -0.15) is 0 Å². The Hall–Kier alpha value is -1.34. The summed E-state index contributed by atoms with van der Waals surface area (Å²) in [5.74, 6) is -0.542. The molecule has 0 saturated heterocycles. The third-order valence-corrected chi connectivity index (χ3v) is 3.89. The average molecular weight is 391 g/mol. The van der Waals surface area contributed by atoms with Crippen LogP contribution in [0.5, 0.6) is 11.5 Å². The van der Waals surface area contributed by atoms with Crippen LogP contribution in [-0.2, 0) is 4.79 Å². The van der Waals surface area contributed by atoms with Crippen molar-refractivity contribution in [3.63, 3.8) is 0 Å². The SMILES string of the molecule is CC(=O)Oc1cn(C(C)=O)c2cc(Br)c(O)c(Br)c12. The molecule has 0 radical (unpaired) electrons. The van der Waals surface area contributed by atoms with Gasteiger partial charge in [0.15, 0.2) is 5.75 Å². The van der Waals surface area contributed by atoms with E-state index in [4.69, 9.17) is 4.74 Å².